The molecule has 0 rings (SSSR count). The van der Waals surface area contributed by atoms with Gasteiger partial charge in [-0.1, -0.05) is 135 Å². The molecule has 0 aromatic rings. The van der Waals surface area contributed by atoms with Gasteiger partial charge in [0.25, 0.3) is 0 Å². The molecular weight excluding hydrogens is 518 g/mol. The molecule has 0 aromatic carbocycles. The maximum Gasteiger partial charge on any atom is 1.00 e. The standard InChI is InChI=1S/C30H58O5S.2Na.2H/c1-3-5-7-9-11-13-15-16-17-18-19-20-22-24-26-28-30(31)35-36(32,33)34-29-27-25-23-21-14-12-10-8-6-4-2;;;;/h16-17H,3-15,18-29H2,1-2H3;;;;/q;2*+1;2*-1/b17-16-;;;;. The summed E-state index contributed by atoms with van der Waals surface area (Å²) in [5, 5.41) is 0. The van der Waals surface area contributed by atoms with Gasteiger partial charge in [-0.05, 0) is 38.5 Å². The first-order valence-electron chi connectivity index (χ1n) is 15.3. The molecule has 0 bridgehead atoms. The van der Waals surface area contributed by atoms with Gasteiger partial charge in [0.15, 0.2) is 0 Å². The second-order valence-corrected chi connectivity index (χ2v) is 11.4. The molecule has 0 aliphatic rings. The molecule has 218 valence electrons. The molecule has 5 nitrogen and oxygen atoms in total. The topological polar surface area (TPSA) is 69.7 Å². The molecule has 0 heterocycles. The second kappa shape index (κ2) is 34.3. The fourth-order valence-electron chi connectivity index (χ4n) is 4.27. The summed E-state index contributed by atoms with van der Waals surface area (Å²) in [6, 6.07) is 0. The molecule has 0 spiro atoms. The molecule has 0 N–H and O–H groups in total. The third-order valence-electron chi connectivity index (χ3n) is 6.56. The summed E-state index contributed by atoms with van der Waals surface area (Å²) in [6.45, 7) is 4.56. The Morgan fingerprint density at radius 2 is 0.947 bits per heavy atom. The first-order chi connectivity index (χ1) is 17.5. The summed E-state index contributed by atoms with van der Waals surface area (Å²) in [7, 11) is -4.22. The Morgan fingerprint density at radius 3 is 1.39 bits per heavy atom. The van der Waals surface area contributed by atoms with Crippen LogP contribution < -0.4 is 59.1 Å². The van der Waals surface area contributed by atoms with E-state index in [1.54, 1.807) is 0 Å². The number of carbonyl (C=O) groups is 1. The van der Waals surface area contributed by atoms with Gasteiger partial charge in [-0.15, -0.1) is 0 Å². The largest absolute Gasteiger partial charge is 1.00 e. The molecule has 0 atom stereocenters. The summed E-state index contributed by atoms with van der Waals surface area (Å²) < 4.78 is 33.0. The van der Waals surface area contributed by atoms with E-state index in [1.807, 2.05) is 0 Å². The van der Waals surface area contributed by atoms with Gasteiger partial charge in [-0.3, -0.25) is 4.79 Å². The molecule has 0 radical (unpaired) electrons. The van der Waals surface area contributed by atoms with Gasteiger partial charge in [-0.2, -0.15) is 8.42 Å². The van der Waals surface area contributed by atoms with Crippen LogP contribution in [0.15, 0.2) is 12.2 Å². The van der Waals surface area contributed by atoms with Crippen LogP contribution in [0.5, 0.6) is 0 Å². The van der Waals surface area contributed by atoms with E-state index in [9.17, 15) is 13.2 Å². The number of carbonyl (C=O) groups excluding carboxylic acids is 1. The SMILES string of the molecule is CCCCCCCC/C=C\CCCCCCCC(=O)OS(=O)(=O)OCCCCCCCCCCCC.[H-].[H-].[Na+].[Na+]. The summed E-state index contributed by atoms with van der Waals surface area (Å²) in [4.78, 5) is 11.8. The maximum atomic E-state index is 11.8. The van der Waals surface area contributed by atoms with Gasteiger partial charge >= 0.3 is 75.5 Å². The van der Waals surface area contributed by atoms with Gasteiger partial charge in [0.05, 0.1) is 6.61 Å². The number of hydrogen-bond acceptors (Lipinski definition) is 5. The first kappa shape index (κ1) is 43.6. The van der Waals surface area contributed by atoms with Gasteiger partial charge in [0.2, 0.25) is 0 Å². The van der Waals surface area contributed by atoms with Crippen molar-refractivity contribution in [3.05, 3.63) is 12.2 Å². The Morgan fingerprint density at radius 1 is 0.579 bits per heavy atom. The minimum atomic E-state index is -4.22. The Bertz CT molecular complexity index is 623. The molecule has 0 fully saturated rings. The summed E-state index contributed by atoms with van der Waals surface area (Å²) >= 11 is 0. The van der Waals surface area contributed by atoms with Crippen LogP contribution in [-0.4, -0.2) is 21.0 Å². The van der Waals surface area contributed by atoms with Crippen molar-refractivity contribution in [1.82, 2.24) is 0 Å². The Kier molecular flexibility index (Phi) is 39.4. The van der Waals surface area contributed by atoms with Gasteiger partial charge in [-0.25, -0.2) is 4.18 Å². The zero-order valence-corrected chi connectivity index (χ0v) is 30.6. The molecule has 0 saturated heterocycles. The molecule has 0 aromatic heterocycles. The van der Waals surface area contributed by atoms with Crippen molar-refractivity contribution in [2.75, 3.05) is 6.61 Å². The van der Waals surface area contributed by atoms with Crippen molar-refractivity contribution < 1.29 is 83.5 Å². The molecule has 0 aliphatic carbocycles. The summed E-state index contributed by atoms with van der Waals surface area (Å²) in [5.41, 5.74) is 0. The minimum Gasteiger partial charge on any atom is -1.00 e. The molecule has 0 unspecified atom stereocenters. The average molecular weight is 579 g/mol. The van der Waals surface area contributed by atoms with Crippen molar-refractivity contribution >= 4 is 16.4 Å². The van der Waals surface area contributed by atoms with Crippen LogP contribution in [0.3, 0.4) is 0 Å². The molecule has 0 saturated carbocycles. The van der Waals surface area contributed by atoms with E-state index in [-0.39, 0.29) is 75.0 Å². The van der Waals surface area contributed by atoms with Crippen molar-refractivity contribution in [2.45, 2.75) is 168 Å². The monoisotopic (exact) mass is 578 g/mol. The number of allylic oxidation sites excluding steroid dienone is 2. The third kappa shape index (κ3) is 35.1. The quantitative estimate of drug-likeness (QED) is 0.0798. The zero-order valence-electron chi connectivity index (χ0n) is 27.8. The van der Waals surface area contributed by atoms with E-state index in [4.69, 9.17) is 4.18 Å². The van der Waals surface area contributed by atoms with Crippen LogP contribution in [0.2, 0.25) is 0 Å². The van der Waals surface area contributed by atoms with Crippen LogP contribution in [0.25, 0.3) is 0 Å². The predicted octanol–water partition coefficient (Wildman–Crippen LogP) is 3.98. The normalized spacial score (nSPS) is 11.3. The van der Waals surface area contributed by atoms with Crippen LogP contribution in [-0.2, 0) is 23.6 Å². The molecule has 8 heteroatoms. The van der Waals surface area contributed by atoms with Gasteiger partial charge in [0, 0.05) is 6.42 Å². The minimum absolute atomic E-state index is 0. The van der Waals surface area contributed by atoms with Crippen molar-refractivity contribution in [3.63, 3.8) is 0 Å². The average Bonchev–Trinajstić information content (AvgIpc) is 2.84. The van der Waals surface area contributed by atoms with Crippen LogP contribution in [0.4, 0.5) is 0 Å². The number of rotatable bonds is 28. The van der Waals surface area contributed by atoms with E-state index in [0.29, 0.717) is 12.8 Å². The van der Waals surface area contributed by atoms with E-state index in [1.165, 1.54) is 96.3 Å². The summed E-state index contributed by atoms with van der Waals surface area (Å²) in [5.74, 6) is -0.712. The first-order valence-corrected chi connectivity index (χ1v) is 16.6. The Hall–Kier alpha value is 1.12. The second-order valence-electron chi connectivity index (χ2n) is 10.2. The fraction of sp³-hybridized carbons (Fsp3) is 0.900. The zero-order chi connectivity index (χ0) is 26.6. The van der Waals surface area contributed by atoms with Crippen molar-refractivity contribution in [1.29, 1.82) is 0 Å². The van der Waals surface area contributed by atoms with Gasteiger partial charge in [0.1, 0.15) is 0 Å². The van der Waals surface area contributed by atoms with E-state index in [2.05, 4.69) is 30.2 Å². The molecular formula is C30H60Na2O5S. The molecule has 38 heavy (non-hydrogen) atoms. The Labute approximate surface area is 284 Å². The smallest absolute Gasteiger partial charge is 1.00 e. The molecule has 0 aliphatic heterocycles. The van der Waals surface area contributed by atoms with Crippen LogP contribution in [0, 0.1) is 0 Å². The summed E-state index contributed by atoms with van der Waals surface area (Å²) in [6.07, 6.45) is 31.7. The van der Waals surface area contributed by atoms with Crippen molar-refractivity contribution in [2.24, 2.45) is 0 Å². The predicted molar refractivity (Wildman–Crippen MR) is 154 cm³/mol. The fourth-order valence-corrected chi connectivity index (χ4v) is 4.95. The Balaban J connectivity index is -0.00000102. The van der Waals surface area contributed by atoms with E-state index < -0.39 is 16.4 Å². The van der Waals surface area contributed by atoms with Crippen LogP contribution >= 0.6 is 0 Å². The molecule has 0 amide bonds. The van der Waals surface area contributed by atoms with Crippen molar-refractivity contribution in [3.8, 4) is 0 Å². The van der Waals surface area contributed by atoms with Crippen LogP contribution in [0.1, 0.15) is 171 Å². The maximum absolute atomic E-state index is 11.8. The van der Waals surface area contributed by atoms with E-state index >= 15 is 0 Å². The number of hydrogen-bond donors (Lipinski definition) is 0. The van der Waals surface area contributed by atoms with E-state index in [0.717, 1.165) is 38.5 Å². The number of unbranched alkanes of at least 4 members (excludes halogenated alkanes) is 20. The van der Waals surface area contributed by atoms with Gasteiger partial charge < -0.3 is 7.04 Å². The third-order valence-corrected chi connectivity index (χ3v) is 7.41.